The number of carbonyl (C=O) groups is 2. The third-order valence-corrected chi connectivity index (χ3v) is 7.79. The highest BCUT2D eigenvalue weighted by Crippen LogP contribution is 2.50. The molecule has 10 nitrogen and oxygen atoms in total. The minimum Gasteiger partial charge on any atom is -0.493 e. The highest BCUT2D eigenvalue weighted by atomic mass is 16.5. The molecule has 10 heteroatoms. The summed E-state index contributed by atoms with van der Waals surface area (Å²) in [6.45, 7) is 10.4. The van der Waals surface area contributed by atoms with Gasteiger partial charge in [-0.05, 0) is 73.9 Å². The van der Waals surface area contributed by atoms with Crippen molar-refractivity contribution >= 4 is 17.5 Å². The number of methoxy groups -OCH3 is 3. The number of amides is 2. The number of carbonyl (C=O) groups excluding carboxylic acids is 2. The number of rotatable bonds is 14. The molecule has 3 N–H and O–H groups in total. The van der Waals surface area contributed by atoms with Crippen molar-refractivity contribution in [1.29, 1.82) is 0 Å². The Bertz CT molecular complexity index is 1340. The molecule has 1 aliphatic rings. The highest BCUT2D eigenvalue weighted by molar-refractivity contribution is 5.86. The third-order valence-electron chi connectivity index (χ3n) is 7.79. The molecule has 0 aromatic heterocycles. The summed E-state index contributed by atoms with van der Waals surface area (Å²) in [6, 6.07) is 5.98. The molecule has 2 amide bonds. The normalized spacial score (nSPS) is 15.3. The number of fused-ring (bicyclic) bond motifs is 3. The maximum absolute atomic E-state index is 13.8. The standard InChI is InChI=1S/C33H47N3O7/c1-9-20(4)30(33(39)34-15-10-16-43-19(2)3)36-26-14-12-23-24(18-27(26)38)25(35-21(5)37)13-11-22-17-28(40-6)31(41-7)32(42-8)29(22)23/h12,14,17-20,25,30H,9-11,13,15-16H2,1-8H3,(H,34,39)(H,35,37)(H,36,38)/t20-,25+,30+/m1/s1. The molecule has 0 saturated heterocycles. The Kier molecular flexibility index (Phi) is 12.2. The average Bonchev–Trinajstić information content (AvgIpc) is 3.22. The van der Waals surface area contributed by atoms with Crippen LogP contribution in [-0.4, -0.2) is 58.4 Å². The number of hydrogen-bond acceptors (Lipinski definition) is 8. The predicted molar refractivity (Wildman–Crippen MR) is 168 cm³/mol. The quantitative estimate of drug-likeness (QED) is 0.270. The number of aryl methyl sites for hydroxylation is 1. The molecule has 0 unspecified atom stereocenters. The molecule has 3 atom stereocenters. The first kappa shape index (κ1) is 33.7. The fraction of sp³-hybridized carbons (Fsp3) is 0.545. The first-order valence-corrected chi connectivity index (χ1v) is 15.0. The summed E-state index contributed by atoms with van der Waals surface area (Å²) < 4.78 is 22.7. The van der Waals surface area contributed by atoms with E-state index < -0.39 is 12.1 Å². The summed E-state index contributed by atoms with van der Waals surface area (Å²) in [6.07, 6.45) is 2.73. The van der Waals surface area contributed by atoms with Crippen LogP contribution >= 0.6 is 0 Å². The molecule has 43 heavy (non-hydrogen) atoms. The topological polar surface area (TPSA) is 124 Å². The number of benzene rings is 1. The van der Waals surface area contributed by atoms with Gasteiger partial charge in [0.15, 0.2) is 11.5 Å². The molecule has 1 aliphatic carbocycles. The van der Waals surface area contributed by atoms with Crippen molar-refractivity contribution in [3.63, 3.8) is 0 Å². The van der Waals surface area contributed by atoms with E-state index in [4.69, 9.17) is 18.9 Å². The SMILES string of the molecule is CC[C@@H](C)[C@H](Nc1ccc2c(cc1=O)[C@@H](NC(C)=O)CCc1cc(OC)c(OC)c(OC)c1-2)C(=O)NCCCOC(C)C. The van der Waals surface area contributed by atoms with Crippen LogP contribution in [0, 0.1) is 5.92 Å². The van der Waals surface area contributed by atoms with Crippen LogP contribution in [0.5, 0.6) is 17.2 Å². The van der Waals surface area contributed by atoms with Gasteiger partial charge in [0.2, 0.25) is 23.0 Å². The van der Waals surface area contributed by atoms with Gasteiger partial charge in [-0.3, -0.25) is 14.4 Å². The van der Waals surface area contributed by atoms with Crippen LogP contribution in [0.2, 0.25) is 0 Å². The zero-order valence-electron chi connectivity index (χ0n) is 26.7. The minimum absolute atomic E-state index is 0.0423. The van der Waals surface area contributed by atoms with Gasteiger partial charge in [0.05, 0.1) is 39.2 Å². The van der Waals surface area contributed by atoms with Crippen molar-refractivity contribution in [1.82, 2.24) is 10.6 Å². The average molecular weight is 598 g/mol. The molecule has 0 aliphatic heterocycles. The molecule has 0 heterocycles. The first-order chi connectivity index (χ1) is 20.6. The second-order valence-electron chi connectivity index (χ2n) is 11.2. The van der Waals surface area contributed by atoms with Crippen LogP contribution in [0.15, 0.2) is 29.1 Å². The number of anilines is 1. The van der Waals surface area contributed by atoms with E-state index in [0.29, 0.717) is 60.9 Å². The Labute approximate surface area is 254 Å². The molecule has 2 aromatic carbocycles. The summed E-state index contributed by atoms with van der Waals surface area (Å²) in [5.41, 5.74) is 3.10. The maximum Gasteiger partial charge on any atom is 0.242 e. The monoisotopic (exact) mass is 597 g/mol. The van der Waals surface area contributed by atoms with E-state index in [9.17, 15) is 14.4 Å². The molecule has 236 valence electrons. The van der Waals surface area contributed by atoms with Gasteiger partial charge in [-0.1, -0.05) is 26.3 Å². The van der Waals surface area contributed by atoms with Crippen LogP contribution in [-0.2, 0) is 20.7 Å². The van der Waals surface area contributed by atoms with Gasteiger partial charge in [-0.2, -0.15) is 0 Å². The molecule has 0 spiro atoms. The van der Waals surface area contributed by atoms with E-state index in [1.54, 1.807) is 33.5 Å². The van der Waals surface area contributed by atoms with E-state index in [2.05, 4.69) is 16.0 Å². The molecule has 0 radical (unpaired) electrons. The van der Waals surface area contributed by atoms with Gasteiger partial charge >= 0.3 is 0 Å². The molecule has 0 saturated carbocycles. The summed E-state index contributed by atoms with van der Waals surface area (Å²) in [5, 5.41) is 9.25. The summed E-state index contributed by atoms with van der Waals surface area (Å²) in [5.74, 6) is 1.03. The van der Waals surface area contributed by atoms with Crippen molar-refractivity contribution in [2.75, 3.05) is 39.8 Å². The lowest BCUT2D eigenvalue weighted by Gasteiger charge is -2.24. The molecule has 0 bridgehead atoms. The first-order valence-electron chi connectivity index (χ1n) is 15.0. The number of ether oxygens (including phenoxy) is 4. The largest absolute Gasteiger partial charge is 0.493 e. The molecular weight excluding hydrogens is 550 g/mol. The van der Waals surface area contributed by atoms with Crippen molar-refractivity contribution in [3.05, 3.63) is 45.6 Å². The van der Waals surface area contributed by atoms with Crippen molar-refractivity contribution < 1.29 is 28.5 Å². The van der Waals surface area contributed by atoms with Crippen molar-refractivity contribution in [3.8, 4) is 28.4 Å². The summed E-state index contributed by atoms with van der Waals surface area (Å²) in [7, 11) is 4.68. The summed E-state index contributed by atoms with van der Waals surface area (Å²) in [4.78, 5) is 39.3. The fourth-order valence-electron chi connectivity index (χ4n) is 5.41. The number of hydrogen-bond donors (Lipinski definition) is 3. The van der Waals surface area contributed by atoms with Gasteiger partial charge in [-0.25, -0.2) is 0 Å². The van der Waals surface area contributed by atoms with E-state index >= 15 is 0 Å². The van der Waals surface area contributed by atoms with Crippen LogP contribution in [0.3, 0.4) is 0 Å². The third kappa shape index (κ3) is 8.19. The molecule has 2 aromatic rings. The summed E-state index contributed by atoms with van der Waals surface area (Å²) >= 11 is 0. The van der Waals surface area contributed by atoms with E-state index in [1.165, 1.54) is 6.92 Å². The van der Waals surface area contributed by atoms with Crippen LogP contribution in [0.1, 0.15) is 71.0 Å². The Balaban J connectivity index is 2.10. The Morgan fingerprint density at radius 3 is 2.35 bits per heavy atom. The zero-order valence-corrected chi connectivity index (χ0v) is 26.7. The molecular formula is C33H47N3O7. The molecule has 3 rings (SSSR count). The van der Waals surface area contributed by atoms with Crippen LogP contribution < -0.4 is 35.6 Å². The predicted octanol–water partition coefficient (Wildman–Crippen LogP) is 4.62. The lowest BCUT2D eigenvalue weighted by atomic mass is 9.95. The minimum atomic E-state index is -0.622. The Hall–Kier alpha value is -3.79. The Morgan fingerprint density at radius 2 is 1.74 bits per heavy atom. The maximum atomic E-state index is 13.8. The Morgan fingerprint density at radius 1 is 1.02 bits per heavy atom. The van der Waals surface area contributed by atoms with Gasteiger partial charge in [-0.15, -0.1) is 0 Å². The van der Waals surface area contributed by atoms with Crippen LogP contribution in [0.4, 0.5) is 5.69 Å². The smallest absolute Gasteiger partial charge is 0.242 e. The number of nitrogens with one attached hydrogen (secondary N) is 3. The highest BCUT2D eigenvalue weighted by Gasteiger charge is 2.30. The van der Waals surface area contributed by atoms with E-state index in [-0.39, 0.29) is 29.3 Å². The zero-order chi connectivity index (χ0) is 31.7. The van der Waals surface area contributed by atoms with Gasteiger partial charge in [0, 0.05) is 25.6 Å². The van der Waals surface area contributed by atoms with E-state index in [1.807, 2.05) is 39.8 Å². The van der Waals surface area contributed by atoms with Crippen molar-refractivity contribution in [2.24, 2.45) is 5.92 Å². The van der Waals surface area contributed by atoms with Gasteiger partial charge in [0.1, 0.15) is 6.04 Å². The van der Waals surface area contributed by atoms with E-state index in [0.717, 1.165) is 23.1 Å². The second kappa shape index (κ2) is 15.6. The lowest BCUT2D eigenvalue weighted by molar-refractivity contribution is -0.123. The van der Waals surface area contributed by atoms with Crippen LogP contribution in [0.25, 0.3) is 11.1 Å². The van der Waals surface area contributed by atoms with Gasteiger partial charge in [0.25, 0.3) is 0 Å². The fourth-order valence-corrected chi connectivity index (χ4v) is 5.41. The van der Waals surface area contributed by atoms with Gasteiger partial charge < -0.3 is 34.9 Å². The lowest BCUT2D eigenvalue weighted by Crippen LogP contribution is -2.44. The molecule has 0 fully saturated rings. The van der Waals surface area contributed by atoms with Crippen molar-refractivity contribution in [2.45, 2.75) is 78.5 Å². The second-order valence-corrected chi connectivity index (χ2v) is 11.2.